The number of hydrogen-bond donors (Lipinski definition) is 0. The smallest absolute Gasteiger partial charge is 0.295 e. The van der Waals surface area contributed by atoms with Gasteiger partial charge in [0.1, 0.15) is 0 Å². The highest BCUT2D eigenvalue weighted by atomic mass is 28.4. The SMILES string of the molecule is CCC(C)[Si](OC(=O)C(C)C[Si]OC(C)C)(C(C)CC)C(C)CC. The van der Waals surface area contributed by atoms with Crippen LogP contribution in [0.3, 0.4) is 0 Å². The predicted molar refractivity (Wildman–Crippen MR) is 107 cm³/mol. The Morgan fingerprint density at radius 3 is 1.62 bits per heavy atom. The molecule has 0 aromatic heterocycles. The molecule has 0 aromatic carbocycles. The summed E-state index contributed by atoms with van der Waals surface area (Å²) in [7, 11) is -1.81. The molecule has 0 aromatic rings. The maximum absolute atomic E-state index is 12.9. The van der Waals surface area contributed by atoms with Gasteiger partial charge >= 0.3 is 0 Å². The summed E-state index contributed by atoms with van der Waals surface area (Å²) in [5, 5.41) is 0. The van der Waals surface area contributed by atoms with Crippen molar-refractivity contribution in [2.24, 2.45) is 5.92 Å². The van der Waals surface area contributed by atoms with Crippen molar-refractivity contribution in [2.45, 2.75) is 110 Å². The Bertz CT molecular complexity index is 334. The fourth-order valence-corrected chi connectivity index (χ4v) is 10.2. The zero-order chi connectivity index (χ0) is 18.9. The molecule has 0 saturated heterocycles. The van der Waals surface area contributed by atoms with Gasteiger partial charge in [-0.05, 0) is 36.5 Å². The van der Waals surface area contributed by atoms with E-state index in [2.05, 4.69) is 41.5 Å². The van der Waals surface area contributed by atoms with E-state index in [1.54, 1.807) is 0 Å². The van der Waals surface area contributed by atoms with Gasteiger partial charge in [0.05, 0.1) is 5.92 Å². The molecule has 0 N–H and O–H groups in total. The van der Waals surface area contributed by atoms with Crippen LogP contribution in [0.5, 0.6) is 0 Å². The molecule has 0 aliphatic heterocycles. The van der Waals surface area contributed by atoms with Gasteiger partial charge in [0.2, 0.25) is 9.76 Å². The van der Waals surface area contributed by atoms with Crippen LogP contribution in [-0.2, 0) is 13.6 Å². The van der Waals surface area contributed by atoms with Gasteiger partial charge in [-0.3, -0.25) is 4.79 Å². The van der Waals surface area contributed by atoms with Crippen LogP contribution in [0, 0.1) is 5.92 Å². The molecule has 0 saturated carbocycles. The van der Waals surface area contributed by atoms with Gasteiger partial charge in [0.25, 0.3) is 14.3 Å². The third-order valence-corrected chi connectivity index (χ3v) is 13.4. The molecule has 0 bridgehead atoms. The second-order valence-corrected chi connectivity index (χ2v) is 13.4. The second-order valence-electron chi connectivity index (χ2n) is 7.62. The largest absolute Gasteiger partial charge is 0.518 e. The summed E-state index contributed by atoms with van der Waals surface area (Å²) in [4.78, 5) is 12.9. The molecule has 0 aliphatic carbocycles. The predicted octanol–water partition coefficient (Wildman–Crippen LogP) is 5.97. The van der Waals surface area contributed by atoms with Gasteiger partial charge in [-0.15, -0.1) is 0 Å². The second kappa shape index (κ2) is 11.5. The van der Waals surface area contributed by atoms with Gasteiger partial charge in [0.15, 0.2) is 0 Å². The Morgan fingerprint density at radius 1 is 0.875 bits per heavy atom. The molecule has 0 heterocycles. The Labute approximate surface area is 154 Å². The van der Waals surface area contributed by atoms with E-state index < -0.39 is 8.32 Å². The number of hydrogen-bond acceptors (Lipinski definition) is 3. The molecular formula is C19H40O3Si2. The van der Waals surface area contributed by atoms with Gasteiger partial charge in [0, 0.05) is 6.10 Å². The van der Waals surface area contributed by atoms with Crippen molar-refractivity contribution in [1.29, 1.82) is 0 Å². The summed E-state index contributed by atoms with van der Waals surface area (Å²) in [5.74, 6) is -0.0754. The monoisotopic (exact) mass is 372 g/mol. The zero-order valence-corrected chi connectivity index (χ0v) is 19.4. The molecule has 142 valence electrons. The molecular weight excluding hydrogens is 332 g/mol. The van der Waals surface area contributed by atoms with Crippen LogP contribution in [-0.4, -0.2) is 30.2 Å². The van der Waals surface area contributed by atoms with Gasteiger partial charge in [-0.1, -0.05) is 67.7 Å². The van der Waals surface area contributed by atoms with E-state index >= 15 is 0 Å². The number of carbonyl (C=O) groups excluding carboxylic acids is 1. The van der Waals surface area contributed by atoms with E-state index in [0.29, 0.717) is 26.4 Å². The number of rotatable bonds is 12. The Morgan fingerprint density at radius 2 is 1.29 bits per heavy atom. The Hall–Kier alpha value is -0.136. The van der Waals surface area contributed by atoms with Gasteiger partial charge in [-0.2, -0.15) is 0 Å². The van der Waals surface area contributed by atoms with Crippen molar-refractivity contribution in [3.8, 4) is 0 Å². The first kappa shape index (κ1) is 23.9. The molecule has 2 radical (unpaired) electrons. The highest BCUT2D eigenvalue weighted by Crippen LogP contribution is 2.47. The van der Waals surface area contributed by atoms with Crippen LogP contribution in [0.25, 0.3) is 0 Å². The first-order chi connectivity index (χ1) is 11.2. The molecule has 4 unspecified atom stereocenters. The maximum Gasteiger partial charge on any atom is 0.295 e. The van der Waals surface area contributed by atoms with E-state index in [-0.39, 0.29) is 18.0 Å². The summed E-state index contributed by atoms with van der Waals surface area (Å²) in [6, 6.07) is 0.767. The minimum Gasteiger partial charge on any atom is -0.518 e. The number of carbonyl (C=O) groups is 1. The average molecular weight is 373 g/mol. The molecule has 0 amide bonds. The van der Waals surface area contributed by atoms with Crippen molar-refractivity contribution in [2.75, 3.05) is 0 Å². The molecule has 0 spiro atoms. The summed E-state index contributed by atoms with van der Waals surface area (Å²) in [6.45, 7) is 19.6. The zero-order valence-electron chi connectivity index (χ0n) is 17.4. The van der Waals surface area contributed by atoms with Crippen LogP contribution < -0.4 is 0 Å². The maximum atomic E-state index is 12.9. The molecule has 5 heteroatoms. The summed E-state index contributed by atoms with van der Waals surface area (Å²) in [6.07, 6.45) is 3.47. The van der Waals surface area contributed by atoms with Crippen LogP contribution in [0.1, 0.15) is 81.6 Å². The lowest BCUT2D eigenvalue weighted by Gasteiger charge is -2.44. The van der Waals surface area contributed by atoms with E-state index in [1.165, 1.54) is 0 Å². The minimum atomic E-state index is -2.18. The quantitative estimate of drug-likeness (QED) is 0.396. The molecule has 3 nitrogen and oxygen atoms in total. The fourth-order valence-electron chi connectivity index (χ4n) is 3.41. The normalized spacial score (nSPS) is 19.4. The average Bonchev–Trinajstić information content (AvgIpc) is 2.56. The van der Waals surface area contributed by atoms with E-state index in [0.717, 1.165) is 25.3 Å². The lowest BCUT2D eigenvalue weighted by atomic mass is 10.2. The molecule has 0 rings (SSSR count). The summed E-state index contributed by atoms with van der Waals surface area (Å²) in [5.41, 5.74) is 1.48. The molecule has 24 heavy (non-hydrogen) atoms. The Balaban J connectivity index is 5.26. The van der Waals surface area contributed by atoms with Gasteiger partial charge < -0.3 is 8.85 Å². The molecule has 4 atom stereocenters. The Kier molecular flexibility index (Phi) is 11.4. The highest BCUT2D eigenvalue weighted by molar-refractivity contribution is 6.79. The van der Waals surface area contributed by atoms with Crippen molar-refractivity contribution in [1.82, 2.24) is 0 Å². The van der Waals surface area contributed by atoms with E-state index in [1.807, 2.05) is 20.8 Å². The van der Waals surface area contributed by atoms with E-state index in [4.69, 9.17) is 8.85 Å². The standard InChI is InChI=1S/C19H40O3Si2/c1-10-16(7)24(17(8)11-2,18(9)12-3)22-19(20)15(6)13-23-21-14(4)5/h14-18H,10-13H2,1-9H3. The topological polar surface area (TPSA) is 35.5 Å². The van der Waals surface area contributed by atoms with Crippen LogP contribution in [0.2, 0.25) is 22.7 Å². The molecule has 0 aliphatic rings. The highest BCUT2D eigenvalue weighted by Gasteiger charge is 2.51. The first-order valence-corrected chi connectivity index (χ1v) is 13.0. The van der Waals surface area contributed by atoms with Crippen molar-refractivity contribution >= 4 is 24.0 Å². The lowest BCUT2D eigenvalue weighted by Crippen LogP contribution is -2.52. The van der Waals surface area contributed by atoms with Crippen molar-refractivity contribution < 1.29 is 13.6 Å². The van der Waals surface area contributed by atoms with Crippen molar-refractivity contribution in [3.63, 3.8) is 0 Å². The van der Waals surface area contributed by atoms with Crippen LogP contribution in [0.15, 0.2) is 0 Å². The third kappa shape index (κ3) is 6.30. The van der Waals surface area contributed by atoms with E-state index in [9.17, 15) is 4.79 Å². The summed E-state index contributed by atoms with van der Waals surface area (Å²) < 4.78 is 12.1. The minimum absolute atomic E-state index is 0.00224. The third-order valence-electron chi connectivity index (χ3n) is 5.54. The van der Waals surface area contributed by atoms with Crippen LogP contribution in [0.4, 0.5) is 0 Å². The molecule has 0 fully saturated rings. The van der Waals surface area contributed by atoms with Crippen LogP contribution >= 0.6 is 0 Å². The first-order valence-electron chi connectivity index (χ1n) is 9.78. The fraction of sp³-hybridized carbons (Fsp3) is 0.947. The van der Waals surface area contributed by atoms with Gasteiger partial charge in [-0.25, -0.2) is 0 Å². The van der Waals surface area contributed by atoms with Crippen molar-refractivity contribution in [3.05, 3.63) is 0 Å². The summed E-state index contributed by atoms with van der Waals surface area (Å²) >= 11 is 0. The lowest BCUT2D eigenvalue weighted by molar-refractivity contribution is -0.139.